The Bertz CT molecular complexity index is 926. The predicted octanol–water partition coefficient (Wildman–Crippen LogP) is 1.78. The van der Waals surface area contributed by atoms with E-state index in [1.54, 1.807) is 24.3 Å². The van der Waals surface area contributed by atoms with Crippen molar-refractivity contribution in [3.05, 3.63) is 59.1 Å². The zero-order valence-electron chi connectivity index (χ0n) is 15.8. The molecule has 0 saturated carbocycles. The van der Waals surface area contributed by atoms with Crippen molar-refractivity contribution in [2.75, 3.05) is 32.0 Å². The molecule has 0 aromatic heterocycles. The zero-order valence-corrected chi connectivity index (χ0v) is 17.4. The lowest BCUT2D eigenvalue weighted by molar-refractivity contribution is -0.885. The minimum atomic E-state index is -3.44. The Hall–Kier alpha value is -1.93. The van der Waals surface area contributed by atoms with E-state index in [9.17, 15) is 13.2 Å². The average Bonchev–Trinajstić information content (AvgIpc) is 3.17. The molecule has 1 heterocycles. The van der Waals surface area contributed by atoms with Crippen LogP contribution in [-0.2, 0) is 21.4 Å². The second-order valence-corrected chi connectivity index (χ2v) is 9.50. The van der Waals surface area contributed by atoms with Crippen molar-refractivity contribution >= 4 is 33.2 Å². The molecule has 150 valence electrons. The number of anilines is 1. The summed E-state index contributed by atoms with van der Waals surface area (Å²) in [6.07, 6.45) is 1.80. The molecule has 0 bridgehead atoms. The van der Waals surface area contributed by atoms with Gasteiger partial charge in [0, 0.05) is 29.4 Å². The average molecular weight is 423 g/mol. The number of hydrogen-bond acceptors (Lipinski definition) is 3. The summed E-state index contributed by atoms with van der Waals surface area (Å²) in [5, 5.41) is 3.50. The minimum absolute atomic E-state index is 0.130. The van der Waals surface area contributed by atoms with Crippen LogP contribution in [0.25, 0.3) is 0 Å². The summed E-state index contributed by atoms with van der Waals surface area (Å²) < 4.78 is 26.6. The number of likely N-dealkylation sites (N-methyl/N-ethyl adjacent to an activating group) is 1. The molecular formula is C20H25ClN3O3S+. The van der Waals surface area contributed by atoms with Crippen molar-refractivity contribution in [3.8, 4) is 0 Å². The molecular weight excluding hydrogens is 398 g/mol. The summed E-state index contributed by atoms with van der Waals surface area (Å²) in [6.45, 7) is 2.12. The van der Waals surface area contributed by atoms with Crippen molar-refractivity contribution in [1.82, 2.24) is 4.31 Å². The first-order valence-corrected chi connectivity index (χ1v) is 11.1. The summed E-state index contributed by atoms with van der Waals surface area (Å²) in [7, 11) is -1.50. The Morgan fingerprint density at radius 1 is 1.14 bits per heavy atom. The summed E-state index contributed by atoms with van der Waals surface area (Å²) in [5.41, 5.74) is 1.65. The zero-order chi connectivity index (χ0) is 20.1. The van der Waals surface area contributed by atoms with Crippen LogP contribution in [0, 0.1) is 0 Å². The second-order valence-electron chi connectivity index (χ2n) is 7.12. The van der Waals surface area contributed by atoms with E-state index in [2.05, 4.69) is 5.32 Å². The van der Waals surface area contributed by atoms with Crippen LogP contribution < -0.4 is 10.2 Å². The third-order valence-electron chi connectivity index (χ3n) is 4.70. The van der Waals surface area contributed by atoms with E-state index in [0.29, 0.717) is 36.9 Å². The normalized spacial score (nSPS) is 16.1. The highest BCUT2D eigenvalue weighted by Crippen LogP contribution is 2.22. The van der Waals surface area contributed by atoms with Gasteiger partial charge in [-0.3, -0.25) is 4.79 Å². The number of carbonyl (C=O) groups is 1. The van der Waals surface area contributed by atoms with E-state index < -0.39 is 10.0 Å². The highest BCUT2D eigenvalue weighted by atomic mass is 35.5. The van der Waals surface area contributed by atoms with Gasteiger partial charge < -0.3 is 10.2 Å². The number of hydrogen-bond donors (Lipinski definition) is 2. The van der Waals surface area contributed by atoms with Gasteiger partial charge in [0.2, 0.25) is 10.0 Å². The topological polar surface area (TPSA) is 70.9 Å². The van der Waals surface area contributed by atoms with Crippen molar-refractivity contribution in [2.45, 2.75) is 24.3 Å². The molecule has 1 aliphatic rings. The minimum Gasteiger partial charge on any atom is -0.326 e. The maximum Gasteiger partial charge on any atom is 0.279 e. The van der Waals surface area contributed by atoms with Crippen LogP contribution in [-0.4, -0.2) is 45.3 Å². The standard InChI is InChI=1S/C20H24ClN3O3S/c1-23(14-16-5-4-6-17(21)13-16)15-20(25)22-18-7-9-19(10-8-18)28(26,27)24-11-2-3-12-24/h4-10,13H,2-3,11-12,14-15H2,1H3,(H,22,25)/p+1. The lowest BCUT2D eigenvalue weighted by atomic mass is 10.2. The Morgan fingerprint density at radius 2 is 1.82 bits per heavy atom. The summed E-state index contributed by atoms with van der Waals surface area (Å²) >= 11 is 5.99. The smallest absolute Gasteiger partial charge is 0.279 e. The highest BCUT2D eigenvalue weighted by molar-refractivity contribution is 7.89. The van der Waals surface area contributed by atoms with Crippen LogP contribution in [0.1, 0.15) is 18.4 Å². The van der Waals surface area contributed by atoms with Gasteiger partial charge in [0.15, 0.2) is 6.54 Å². The van der Waals surface area contributed by atoms with Gasteiger partial charge in [-0.2, -0.15) is 4.31 Å². The number of nitrogens with one attached hydrogen (secondary N) is 2. The molecule has 1 amide bonds. The third kappa shape index (κ3) is 5.32. The van der Waals surface area contributed by atoms with E-state index in [4.69, 9.17) is 11.6 Å². The van der Waals surface area contributed by atoms with Gasteiger partial charge in [0.1, 0.15) is 6.54 Å². The molecule has 8 heteroatoms. The third-order valence-corrected chi connectivity index (χ3v) is 6.85. The predicted molar refractivity (Wildman–Crippen MR) is 110 cm³/mol. The number of halogens is 1. The fraction of sp³-hybridized carbons (Fsp3) is 0.350. The van der Waals surface area contributed by atoms with Crippen molar-refractivity contribution in [1.29, 1.82) is 0 Å². The van der Waals surface area contributed by atoms with Crippen LogP contribution in [0.15, 0.2) is 53.4 Å². The Labute approximate surface area is 171 Å². The molecule has 1 fully saturated rings. The maximum absolute atomic E-state index is 12.5. The molecule has 2 aromatic rings. The van der Waals surface area contributed by atoms with Gasteiger partial charge in [-0.05, 0) is 49.2 Å². The van der Waals surface area contributed by atoms with Gasteiger partial charge >= 0.3 is 0 Å². The Morgan fingerprint density at radius 3 is 2.46 bits per heavy atom. The summed E-state index contributed by atoms with van der Waals surface area (Å²) in [6, 6.07) is 13.9. The van der Waals surface area contributed by atoms with Crippen LogP contribution in [0.5, 0.6) is 0 Å². The van der Waals surface area contributed by atoms with E-state index >= 15 is 0 Å². The van der Waals surface area contributed by atoms with Gasteiger partial charge in [-0.1, -0.05) is 23.7 Å². The van der Waals surface area contributed by atoms with E-state index in [1.807, 2.05) is 31.3 Å². The quantitative estimate of drug-likeness (QED) is 0.714. The SMILES string of the molecule is C[NH+](CC(=O)Nc1ccc(S(=O)(=O)N2CCCC2)cc1)Cc1cccc(Cl)c1. The summed E-state index contributed by atoms with van der Waals surface area (Å²) in [5.74, 6) is -0.130. The first kappa shape index (κ1) is 20.8. The fourth-order valence-electron chi connectivity index (χ4n) is 3.32. The molecule has 2 aromatic carbocycles. The van der Waals surface area contributed by atoms with Gasteiger partial charge in [0.05, 0.1) is 11.9 Å². The Kier molecular flexibility index (Phi) is 6.72. The molecule has 6 nitrogen and oxygen atoms in total. The molecule has 3 rings (SSSR count). The van der Waals surface area contributed by atoms with Gasteiger partial charge in [-0.25, -0.2) is 8.42 Å². The fourth-order valence-corrected chi connectivity index (χ4v) is 5.05. The number of quaternary nitrogens is 1. The van der Waals surface area contributed by atoms with Crippen LogP contribution >= 0.6 is 11.6 Å². The lowest BCUT2D eigenvalue weighted by Gasteiger charge is -2.16. The van der Waals surface area contributed by atoms with Crippen molar-refractivity contribution in [2.24, 2.45) is 0 Å². The van der Waals surface area contributed by atoms with Crippen molar-refractivity contribution < 1.29 is 18.1 Å². The van der Waals surface area contributed by atoms with Crippen LogP contribution in [0.2, 0.25) is 5.02 Å². The number of carbonyl (C=O) groups excluding carboxylic acids is 1. The number of nitrogens with zero attached hydrogens (tertiary/aromatic N) is 1. The summed E-state index contributed by atoms with van der Waals surface area (Å²) in [4.78, 5) is 13.6. The van der Waals surface area contributed by atoms with Crippen LogP contribution in [0.3, 0.4) is 0 Å². The number of sulfonamides is 1. The second kappa shape index (κ2) is 9.05. The number of benzene rings is 2. The van der Waals surface area contributed by atoms with Gasteiger partial charge in [0.25, 0.3) is 5.91 Å². The lowest BCUT2D eigenvalue weighted by Crippen LogP contribution is -3.08. The largest absolute Gasteiger partial charge is 0.326 e. The molecule has 1 atom stereocenters. The van der Waals surface area contributed by atoms with Crippen LogP contribution in [0.4, 0.5) is 5.69 Å². The van der Waals surface area contributed by atoms with Crippen molar-refractivity contribution in [3.63, 3.8) is 0 Å². The molecule has 28 heavy (non-hydrogen) atoms. The van der Waals surface area contributed by atoms with E-state index in [1.165, 1.54) is 4.31 Å². The molecule has 0 aliphatic carbocycles. The number of amides is 1. The Balaban J connectivity index is 1.55. The van der Waals surface area contributed by atoms with Gasteiger partial charge in [-0.15, -0.1) is 0 Å². The monoisotopic (exact) mass is 422 g/mol. The number of rotatable bonds is 7. The molecule has 1 aliphatic heterocycles. The molecule has 1 unspecified atom stereocenters. The maximum atomic E-state index is 12.5. The van der Waals surface area contributed by atoms with E-state index in [0.717, 1.165) is 23.3 Å². The first-order valence-electron chi connectivity index (χ1n) is 9.30. The molecule has 2 N–H and O–H groups in total. The molecule has 1 saturated heterocycles. The molecule has 0 radical (unpaired) electrons. The molecule has 0 spiro atoms. The van der Waals surface area contributed by atoms with E-state index in [-0.39, 0.29) is 10.8 Å². The highest BCUT2D eigenvalue weighted by Gasteiger charge is 2.26. The first-order chi connectivity index (χ1) is 13.3.